The Balaban J connectivity index is 1.36. The number of ether oxygens (including phenoxy) is 2. The summed E-state index contributed by atoms with van der Waals surface area (Å²) >= 11 is 0. The number of rotatable bonds is 3. The van der Waals surface area contributed by atoms with Crippen molar-refractivity contribution in [3.8, 4) is 0 Å². The maximum atomic E-state index is 11.0. The van der Waals surface area contributed by atoms with Gasteiger partial charge in [0.1, 0.15) is 12.1 Å². The lowest BCUT2D eigenvalue weighted by molar-refractivity contribution is -0.166. The second kappa shape index (κ2) is 5.67. The number of aliphatic hydroxyl groups excluding tert-OH is 1. The van der Waals surface area contributed by atoms with E-state index in [2.05, 4.69) is 34.6 Å². The lowest BCUT2D eigenvalue weighted by atomic mass is 9.94. The van der Waals surface area contributed by atoms with Crippen molar-refractivity contribution in [1.82, 2.24) is 14.9 Å². The molecule has 6 heteroatoms. The van der Waals surface area contributed by atoms with Crippen molar-refractivity contribution < 1.29 is 14.6 Å². The predicted molar refractivity (Wildman–Crippen MR) is 86.4 cm³/mol. The molecule has 2 saturated heterocycles. The second-order valence-electron chi connectivity index (χ2n) is 6.93. The summed E-state index contributed by atoms with van der Waals surface area (Å²) < 4.78 is 13.7. The monoisotopic (exact) mass is 327 g/mol. The molecule has 24 heavy (non-hydrogen) atoms. The fourth-order valence-corrected chi connectivity index (χ4v) is 4.32. The van der Waals surface area contributed by atoms with Crippen molar-refractivity contribution in [3.63, 3.8) is 0 Å². The van der Waals surface area contributed by atoms with E-state index in [4.69, 9.17) is 9.47 Å². The summed E-state index contributed by atoms with van der Waals surface area (Å²) in [5.74, 6) is 0. The molecule has 1 aromatic heterocycles. The van der Waals surface area contributed by atoms with E-state index in [0.717, 1.165) is 12.8 Å². The van der Waals surface area contributed by atoms with Crippen molar-refractivity contribution in [2.45, 2.75) is 49.5 Å². The van der Waals surface area contributed by atoms with E-state index in [0.29, 0.717) is 12.6 Å². The molecule has 2 aliphatic heterocycles. The normalized spacial score (nSPS) is 35.3. The largest absolute Gasteiger partial charge is 0.389 e. The Hall–Kier alpha value is -1.73. The van der Waals surface area contributed by atoms with Gasteiger partial charge in [0.2, 0.25) is 0 Å². The molecule has 2 N–H and O–H groups in total. The number of hydrogen-bond donors (Lipinski definition) is 2. The number of nitrogens with zero attached hydrogens (tertiary/aromatic N) is 2. The fraction of sp³-hybridized carbons (Fsp3) is 0.500. The quantitative estimate of drug-likeness (QED) is 0.867. The number of hydrogen-bond acceptors (Lipinski definition) is 5. The summed E-state index contributed by atoms with van der Waals surface area (Å²) in [6.45, 7) is 0.518. The molecular weight excluding hydrogens is 306 g/mol. The summed E-state index contributed by atoms with van der Waals surface area (Å²) in [6.07, 6.45) is 6.17. The number of benzene rings is 1. The van der Waals surface area contributed by atoms with Crippen LogP contribution in [0.1, 0.15) is 17.2 Å². The van der Waals surface area contributed by atoms with Crippen LogP contribution < -0.4 is 5.32 Å². The molecule has 126 valence electrons. The highest BCUT2D eigenvalue weighted by molar-refractivity contribution is 5.33. The molecule has 6 nitrogen and oxygen atoms in total. The van der Waals surface area contributed by atoms with E-state index >= 15 is 0 Å². The first-order chi connectivity index (χ1) is 11.8. The van der Waals surface area contributed by atoms with Gasteiger partial charge in [-0.1, -0.05) is 24.3 Å². The Morgan fingerprint density at radius 1 is 1.21 bits per heavy atom. The van der Waals surface area contributed by atoms with Gasteiger partial charge < -0.3 is 24.5 Å². The molecule has 2 aromatic rings. The maximum absolute atomic E-state index is 11.0. The molecule has 3 heterocycles. The standard InChI is InChI=1S/C18H21N3O3/c22-17-15(20-13-7-11-3-1-2-4-12(11)8-13)14-9-23-18(24-14)16(17)21-6-5-19-10-21/h1-6,10,13-18,20,22H,7-9H2/t14-,15-,16-,17+,18-/m1/s1. The van der Waals surface area contributed by atoms with E-state index in [-0.39, 0.29) is 18.2 Å². The van der Waals surface area contributed by atoms with E-state index in [1.54, 1.807) is 12.5 Å². The van der Waals surface area contributed by atoms with Gasteiger partial charge in [0, 0.05) is 18.4 Å². The van der Waals surface area contributed by atoms with E-state index in [9.17, 15) is 5.11 Å². The third-order valence-electron chi connectivity index (χ3n) is 5.48. The highest BCUT2D eigenvalue weighted by Gasteiger charge is 2.51. The first-order valence-electron chi connectivity index (χ1n) is 8.55. The summed E-state index contributed by atoms with van der Waals surface area (Å²) in [5, 5.41) is 14.6. The molecule has 2 fully saturated rings. The van der Waals surface area contributed by atoms with Crippen LogP contribution in [0.25, 0.3) is 0 Å². The number of aliphatic hydroxyl groups is 1. The molecule has 0 unspecified atom stereocenters. The average molecular weight is 327 g/mol. The third-order valence-corrected chi connectivity index (χ3v) is 5.48. The van der Waals surface area contributed by atoms with Gasteiger partial charge in [-0.2, -0.15) is 0 Å². The van der Waals surface area contributed by atoms with E-state index in [1.165, 1.54) is 11.1 Å². The highest BCUT2D eigenvalue weighted by atomic mass is 16.7. The van der Waals surface area contributed by atoms with Crippen molar-refractivity contribution in [2.24, 2.45) is 0 Å². The Morgan fingerprint density at radius 2 is 2.00 bits per heavy atom. The van der Waals surface area contributed by atoms with Gasteiger partial charge in [-0.15, -0.1) is 0 Å². The van der Waals surface area contributed by atoms with E-state index < -0.39 is 12.4 Å². The molecule has 5 rings (SSSR count). The smallest absolute Gasteiger partial charge is 0.181 e. The molecular formula is C18H21N3O3. The van der Waals surface area contributed by atoms with Gasteiger partial charge in [-0.25, -0.2) is 4.98 Å². The van der Waals surface area contributed by atoms with Crippen LogP contribution in [-0.4, -0.2) is 51.8 Å². The van der Waals surface area contributed by atoms with Crippen LogP contribution >= 0.6 is 0 Å². The zero-order chi connectivity index (χ0) is 16.1. The fourth-order valence-electron chi connectivity index (χ4n) is 4.32. The Labute approximate surface area is 140 Å². The molecule has 0 amide bonds. The number of fused-ring (bicyclic) bond motifs is 3. The molecule has 0 saturated carbocycles. The van der Waals surface area contributed by atoms with Crippen molar-refractivity contribution in [2.75, 3.05) is 6.61 Å². The van der Waals surface area contributed by atoms with Gasteiger partial charge in [0.25, 0.3) is 0 Å². The summed E-state index contributed by atoms with van der Waals surface area (Å²) in [4.78, 5) is 4.09. The van der Waals surface area contributed by atoms with Crippen molar-refractivity contribution >= 4 is 0 Å². The highest BCUT2D eigenvalue weighted by Crippen LogP contribution is 2.36. The van der Waals surface area contributed by atoms with Crippen molar-refractivity contribution in [1.29, 1.82) is 0 Å². The maximum Gasteiger partial charge on any atom is 0.181 e. The van der Waals surface area contributed by atoms with Crippen LogP contribution in [0.4, 0.5) is 0 Å². The van der Waals surface area contributed by atoms with Gasteiger partial charge in [0.15, 0.2) is 6.29 Å². The lowest BCUT2D eigenvalue weighted by Crippen LogP contribution is -2.59. The van der Waals surface area contributed by atoms with Crippen molar-refractivity contribution in [3.05, 3.63) is 54.1 Å². The average Bonchev–Trinajstić information content (AvgIpc) is 3.32. The number of imidazole rings is 1. The minimum absolute atomic E-state index is 0.103. The Bertz CT molecular complexity index is 695. The predicted octanol–water partition coefficient (Wildman–Crippen LogP) is 0.666. The topological polar surface area (TPSA) is 68.5 Å². The molecule has 5 atom stereocenters. The summed E-state index contributed by atoms with van der Waals surface area (Å²) in [7, 11) is 0. The van der Waals surface area contributed by atoms with Gasteiger partial charge in [0.05, 0.1) is 25.1 Å². The van der Waals surface area contributed by atoms with Crippen LogP contribution in [0.3, 0.4) is 0 Å². The molecule has 0 radical (unpaired) electrons. The minimum Gasteiger partial charge on any atom is -0.389 e. The van der Waals surface area contributed by atoms with Crippen LogP contribution in [-0.2, 0) is 22.3 Å². The Morgan fingerprint density at radius 3 is 2.71 bits per heavy atom. The second-order valence-corrected chi connectivity index (χ2v) is 6.93. The van der Waals surface area contributed by atoms with Gasteiger partial charge >= 0.3 is 0 Å². The third kappa shape index (κ3) is 2.29. The van der Waals surface area contributed by atoms with Gasteiger partial charge in [-0.05, 0) is 24.0 Å². The molecule has 0 spiro atoms. The lowest BCUT2D eigenvalue weighted by Gasteiger charge is -2.40. The SMILES string of the molecule is O[C@H]1[C@H](NC2Cc3ccccc3C2)[C@H]2CO[C@H](O2)[C@@H]1n1ccnc1. The van der Waals surface area contributed by atoms with Gasteiger partial charge in [-0.3, -0.25) is 0 Å². The first kappa shape index (κ1) is 14.6. The summed E-state index contributed by atoms with van der Waals surface area (Å²) in [5.41, 5.74) is 2.79. The zero-order valence-electron chi connectivity index (χ0n) is 13.3. The molecule has 1 aromatic carbocycles. The van der Waals surface area contributed by atoms with Crippen LogP contribution in [0.5, 0.6) is 0 Å². The number of aromatic nitrogens is 2. The molecule has 3 aliphatic rings. The summed E-state index contributed by atoms with van der Waals surface area (Å²) in [6, 6.07) is 8.46. The minimum atomic E-state index is -0.575. The number of nitrogens with one attached hydrogen (secondary N) is 1. The molecule has 2 bridgehead atoms. The van der Waals surface area contributed by atoms with Crippen LogP contribution in [0, 0.1) is 0 Å². The van der Waals surface area contributed by atoms with Crippen LogP contribution in [0.15, 0.2) is 43.0 Å². The van der Waals surface area contributed by atoms with Crippen LogP contribution in [0.2, 0.25) is 0 Å². The van der Waals surface area contributed by atoms with E-state index in [1.807, 2.05) is 10.8 Å². The zero-order valence-corrected chi connectivity index (χ0v) is 13.3. The molecule has 1 aliphatic carbocycles. The first-order valence-corrected chi connectivity index (χ1v) is 8.55. The Kier molecular flexibility index (Phi) is 3.45.